The molecular formula is C28H34FNO2. The molecule has 4 heteroatoms. The Kier molecular flexibility index (Phi) is 7.07. The van der Waals surface area contributed by atoms with Crippen molar-refractivity contribution in [1.82, 2.24) is 4.98 Å². The second-order valence-electron chi connectivity index (χ2n) is 9.85. The van der Waals surface area contributed by atoms with Crippen LogP contribution in [-0.4, -0.2) is 17.1 Å². The van der Waals surface area contributed by atoms with Gasteiger partial charge >= 0.3 is 5.97 Å². The summed E-state index contributed by atoms with van der Waals surface area (Å²) in [4.78, 5) is 17.3. The van der Waals surface area contributed by atoms with E-state index in [0.29, 0.717) is 11.8 Å². The molecule has 2 fully saturated rings. The van der Waals surface area contributed by atoms with Gasteiger partial charge in [0.15, 0.2) is 0 Å². The summed E-state index contributed by atoms with van der Waals surface area (Å²) in [6, 6.07) is 10.5. The third-order valence-corrected chi connectivity index (χ3v) is 7.41. The standard InChI is InChI=1S/C28H34FNO2/c1-18-7-4-5-8-19(2)25(27-20(3)32-28(31)26(27)15-18)14-13-24-12-11-22(17-30-24)21-9-6-10-23(29)16-21/h6,9-14,16-20,25-27H,4-5,7-8,15H2,1-3H3/b14-13+/t18?,19?,20?,25-,26?,27?/m0/s1. The fraction of sp³-hybridized carbons (Fsp3) is 0.500. The highest BCUT2D eigenvalue weighted by atomic mass is 19.1. The molecule has 0 spiro atoms. The highest BCUT2D eigenvalue weighted by Crippen LogP contribution is 2.44. The maximum absolute atomic E-state index is 13.5. The van der Waals surface area contributed by atoms with Crippen molar-refractivity contribution in [3.8, 4) is 11.1 Å². The quantitative estimate of drug-likeness (QED) is 0.491. The van der Waals surface area contributed by atoms with Gasteiger partial charge in [0.05, 0.1) is 11.6 Å². The van der Waals surface area contributed by atoms with Crippen molar-refractivity contribution in [2.75, 3.05) is 0 Å². The van der Waals surface area contributed by atoms with E-state index in [1.165, 1.54) is 31.4 Å². The van der Waals surface area contributed by atoms with Gasteiger partial charge in [-0.15, -0.1) is 0 Å². The Labute approximate surface area is 191 Å². The smallest absolute Gasteiger partial charge is 0.309 e. The fourth-order valence-corrected chi connectivity index (χ4v) is 5.62. The van der Waals surface area contributed by atoms with Gasteiger partial charge in [-0.25, -0.2) is 4.39 Å². The van der Waals surface area contributed by atoms with Crippen LogP contribution in [0.1, 0.15) is 58.6 Å². The van der Waals surface area contributed by atoms with E-state index in [-0.39, 0.29) is 35.6 Å². The van der Waals surface area contributed by atoms with Crippen molar-refractivity contribution >= 4 is 12.0 Å². The van der Waals surface area contributed by atoms with Gasteiger partial charge in [-0.3, -0.25) is 9.78 Å². The number of rotatable bonds is 3. The first-order chi connectivity index (χ1) is 15.4. The van der Waals surface area contributed by atoms with Crippen molar-refractivity contribution in [2.45, 2.75) is 59.0 Å². The number of allylic oxidation sites excluding steroid dienone is 1. The summed E-state index contributed by atoms with van der Waals surface area (Å²) in [6.45, 7) is 6.64. The van der Waals surface area contributed by atoms with Gasteiger partial charge in [-0.05, 0) is 60.9 Å². The molecule has 170 valence electrons. The first-order valence-electron chi connectivity index (χ1n) is 12.0. The summed E-state index contributed by atoms with van der Waals surface area (Å²) >= 11 is 0. The van der Waals surface area contributed by atoms with Gasteiger partial charge in [-0.2, -0.15) is 0 Å². The Bertz CT molecular complexity index is 954. The number of benzene rings is 1. The summed E-state index contributed by atoms with van der Waals surface area (Å²) in [7, 11) is 0. The largest absolute Gasteiger partial charge is 0.462 e. The lowest BCUT2D eigenvalue weighted by atomic mass is 9.69. The lowest BCUT2D eigenvalue weighted by Gasteiger charge is -2.33. The van der Waals surface area contributed by atoms with Crippen LogP contribution >= 0.6 is 0 Å². The number of carbonyl (C=O) groups is 1. The van der Waals surface area contributed by atoms with Gasteiger partial charge in [-0.1, -0.05) is 63.8 Å². The molecule has 0 N–H and O–H groups in total. The topological polar surface area (TPSA) is 39.2 Å². The second kappa shape index (κ2) is 9.97. The van der Waals surface area contributed by atoms with Crippen LogP contribution in [0, 0.1) is 35.4 Å². The molecule has 5 unspecified atom stereocenters. The Morgan fingerprint density at radius 3 is 2.62 bits per heavy atom. The van der Waals surface area contributed by atoms with Gasteiger partial charge < -0.3 is 4.74 Å². The number of hydrogen-bond acceptors (Lipinski definition) is 3. The molecule has 1 saturated heterocycles. The average Bonchev–Trinajstić information content (AvgIpc) is 3.04. The Balaban J connectivity index is 1.57. The van der Waals surface area contributed by atoms with E-state index >= 15 is 0 Å². The molecule has 4 rings (SSSR count). The van der Waals surface area contributed by atoms with E-state index < -0.39 is 0 Å². The highest BCUT2D eigenvalue weighted by molar-refractivity contribution is 5.75. The lowest BCUT2D eigenvalue weighted by molar-refractivity contribution is -0.144. The molecule has 2 aromatic rings. The molecule has 2 aliphatic rings. The molecule has 2 heterocycles. The molecule has 1 aliphatic carbocycles. The maximum atomic E-state index is 13.5. The summed E-state index contributed by atoms with van der Waals surface area (Å²) < 4.78 is 19.3. The number of cyclic esters (lactones) is 1. The zero-order valence-corrected chi connectivity index (χ0v) is 19.3. The van der Waals surface area contributed by atoms with Crippen LogP contribution in [0.25, 0.3) is 17.2 Å². The van der Waals surface area contributed by atoms with Gasteiger partial charge in [0.1, 0.15) is 11.9 Å². The molecule has 1 aromatic heterocycles. The van der Waals surface area contributed by atoms with Crippen LogP contribution < -0.4 is 0 Å². The molecule has 0 bridgehead atoms. The van der Waals surface area contributed by atoms with Crippen LogP contribution in [0.5, 0.6) is 0 Å². The predicted octanol–water partition coefficient (Wildman–Crippen LogP) is 6.93. The third kappa shape index (κ3) is 5.11. The summed E-state index contributed by atoms with van der Waals surface area (Å²) in [5.41, 5.74) is 2.59. The minimum atomic E-state index is -0.247. The van der Waals surface area contributed by atoms with Crippen LogP contribution in [0.15, 0.2) is 48.7 Å². The Morgan fingerprint density at radius 1 is 1.06 bits per heavy atom. The monoisotopic (exact) mass is 435 g/mol. The molecule has 1 aliphatic heterocycles. The molecule has 1 aromatic carbocycles. The number of halogens is 1. The maximum Gasteiger partial charge on any atom is 0.309 e. The first-order valence-corrected chi connectivity index (χ1v) is 12.0. The lowest BCUT2D eigenvalue weighted by Crippen LogP contribution is -2.32. The molecular weight excluding hydrogens is 401 g/mol. The number of fused-ring (bicyclic) bond motifs is 1. The van der Waals surface area contributed by atoms with Crippen LogP contribution in [-0.2, 0) is 9.53 Å². The minimum absolute atomic E-state index is 0.0153. The van der Waals surface area contributed by atoms with E-state index in [1.807, 2.05) is 18.2 Å². The number of aromatic nitrogens is 1. The third-order valence-electron chi connectivity index (χ3n) is 7.41. The van der Waals surface area contributed by atoms with E-state index in [0.717, 1.165) is 29.7 Å². The molecule has 3 nitrogen and oxygen atoms in total. The Morgan fingerprint density at radius 2 is 1.88 bits per heavy atom. The number of esters is 1. The van der Waals surface area contributed by atoms with Gasteiger partial charge in [0, 0.05) is 17.7 Å². The molecule has 6 atom stereocenters. The second-order valence-corrected chi connectivity index (χ2v) is 9.85. The number of pyridine rings is 1. The van der Waals surface area contributed by atoms with Crippen molar-refractivity contribution in [3.05, 3.63) is 60.2 Å². The van der Waals surface area contributed by atoms with Crippen molar-refractivity contribution in [2.24, 2.45) is 29.6 Å². The Hall–Kier alpha value is -2.49. The highest BCUT2D eigenvalue weighted by Gasteiger charge is 2.47. The molecule has 32 heavy (non-hydrogen) atoms. The zero-order chi connectivity index (χ0) is 22.7. The fourth-order valence-electron chi connectivity index (χ4n) is 5.62. The molecule has 1 saturated carbocycles. The normalized spacial score (nSPS) is 31.3. The van der Waals surface area contributed by atoms with Gasteiger partial charge in [0.25, 0.3) is 0 Å². The van der Waals surface area contributed by atoms with Crippen LogP contribution in [0.4, 0.5) is 4.39 Å². The van der Waals surface area contributed by atoms with E-state index in [4.69, 9.17) is 4.74 Å². The van der Waals surface area contributed by atoms with E-state index in [9.17, 15) is 9.18 Å². The number of nitrogens with zero attached hydrogens (tertiary/aromatic N) is 1. The summed E-state index contributed by atoms with van der Waals surface area (Å²) in [5.74, 6) is 1.24. The molecule has 0 radical (unpaired) electrons. The summed E-state index contributed by atoms with van der Waals surface area (Å²) in [5, 5.41) is 0. The predicted molar refractivity (Wildman–Crippen MR) is 126 cm³/mol. The van der Waals surface area contributed by atoms with Crippen LogP contribution in [0.3, 0.4) is 0 Å². The van der Waals surface area contributed by atoms with Crippen molar-refractivity contribution in [3.63, 3.8) is 0 Å². The van der Waals surface area contributed by atoms with Crippen LogP contribution in [0.2, 0.25) is 0 Å². The minimum Gasteiger partial charge on any atom is -0.462 e. The average molecular weight is 436 g/mol. The zero-order valence-electron chi connectivity index (χ0n) is 19.3. The van der Waals surface area contributed by atoms with Crippen molar-refractivity contribution < 1.29 is 13.9 Å². The van der Waals surface area contributed by atoms with Gasteiger partial charge in [0.2, 0.25) is 0 Å². The van der Waals surface area contributed by atoms with Crippen molar-refractivity contribution in [1.29, 1.82) is 0 Å². The SMILES string of the molecule is CC1CCCCC(C)[C@H](/C=C/c2ccc(-c3cccc(F)c3)cn2)C2C(C)OC(=O)C2C1. The number of carbonyl (C=O) groups excluding carboxylic acids is 1. The first kappa shape index (κ1) is 22.7. The van der Waals surface area contributed by atoms with E-state index in [2.05, 4.69) is 37.9 Å². The van der Waals surface area contributed by atoms with E-state index in [1.54, 1.807) is 12.3 Å². The number of hydrogen-bond donors (Lipinski definition) is 0. The molecule has 0 amide bonds. The summed E-state index contributed by atoms with van der Waals surface area (Å²) in [6.07, 6.45) is 11.8. The number of ether oxygens (including phenoxy) is 1.